The smallest absolute Gasteiger partial charge is 0.161 e. The zero-order valence-corrected chi connectivity index (χ0v) is 18.6. The second-order valence-electron chi connectivity index (χ2n) is 8.27. The van der Waals surface area contributed by atoms with Crippen LogP contribution in [0.4, 0.5) is 5.82 Å². The van der Waals surface area contributed by atoms with Crippen molar-refractivity contribution in [1.82, 2.24) is 9.88 Å². The highest BCUT2D eigenvalue weighted by molar-refractivity contribution is 5.80. The zero-order valence-electron chi connectivity index (χ0n) is 18.6. The number of likely N-dealkylation sites (tertiary alicyclic amines) is 1. The predicted molar refractivity (Wildman–Crippen MR) is 127 cm³/mol. The Morgan fingerprint density at radius 2 is 1.87 bits per heavy atom. The average molecular weight is 420 g/mol. The van der Waals surface area contributed by atoms with Crippen LogP contribution in [0.25, 0.3) is 10.9 Å². The van der Waals surface area contributed by atoms with Gasteiger partial charge >= 0.3 is 0 Å². The van der Waals surface area contributed by atoms with Gasteiger partial charge in [0, 0.05) is 31.1 Å². The number of rotatable bonds is 9. The van der Waals surface area contributed by atoms with Crippen molar-refractivity contribution >= 4 is 16.7 Å². The Kier molecular flexibility index (Phi) is 7.26. The lowest BCUT2D eigenvalue weighted by molar-refractivity contribution is 0.210. The van der Waals surface area contributed by atoms with Crippen molar-refractivity contribution in [3.05, 3.63) is 60.2 Å². The summed E-state index contributed by atoms with van der Waals surface area (Å²) in [4.78, 5) is 7.28. The van der Waals surface area contributed by atoms with Gasteiger partial charge in [0.05, 0.1) is 19.2 Å². The molecule has 0 bridgehead atoms. The Morgan fingerprint density at radius 3 is 2.68 bits per heavy atom. The number of piperidine rings is 1. The predicted octanol–water partition coefficient (Wildman–Crippen LogP) is 5.50. The van der Waals surface area contributed by atoms with Gasteiger partial charge < -0.3 is 14.8 Å². The van der Waals surface area contributed by atoms with Crippen LogP contribution in [0, 0.1) is 0 Å². The summed E-state index contributed by atoms with van der Waals surface area (Å²) in [5.74, 6) is 2.64. The van der Waals surface area contributed by atoms with E-state index in [0.717, 1.165) is 74.8 Å². The minimum absolute atomic E-state index is 0.466. The Balaban J connectivity index is 1.30. The Morgan fingerprint density at radius 1 is 1.03 bits per heavy atom. The summed E-state index contributed by atoms with van der Waals surface area (Å²) in [6.45, 7) is 5.99. The molecule has 0 radical (unpaired) electrons. The SMILES string of the molecule is CCCCOc1cc(CN2CCC(Nc3ccc4ccccc4n3)CC2)ccc1OC. The second-order valence-corrected chi connectivity index (χ2v) is 8.27. The van der Waals surface area contributed by atoms with Crippen molar-refractivity contribution in [3.63, 3.8) is 0 Å². The molecule has 1 aromatic heterocycles. The summed E-state index contributed by atoms with van der Waals surface area (Å²) in [5.41, 5.74) is 2.32. The fraction of sp³-hybridized carbons (Fsp3) is 0.423. The Labute approximate surface area is 185 Å². The maximum absolute atomic E-state index is 5.95. The summed E-state index contributed by atoms with van der Waals surface area (Å²) in [6, 6.07) is 19.3. The summed E-state index contributed by atoms with van der Waals surface area (Å²) >= 11 is 0. The largest absolute Gasteiger partial charge is 0.493 e. The third-order valence-electron chi connectivity index (χ3n) is 5.93. The van der Waals surface area contributed by atoms with Crippen LogP contribution < -0.4 is 14.8 Å². The molecule has 1 saturated heterocycles. The zero-order chi connectivity index (χ0) is 21.5. The molecule has 1 aliphatic rings. The van der Waals surface area contributed by atoms with E-state index in [1.54, 1.807) is 7.11 Å². The standard InChI is InChI=1S/C26H33N3O2/c1-3-4-17-31-25-18-20(9-11-24(25)30-2)19-29-15-13-22(14-16-29)27-26-12-10-21-7-5-6-8-23(21)28-26/h5-12,18,22H,3-4,13-17,19H2,1-2H3,(H,27,28). The van der Waals surface area contributed by atoms with Gasteiger partial charge in [0.15, 0.2) is 11.5 Å². The van der Waals surface area contributed by atoms with Crippen molar-refractivity contribution in [2.45, 2.75) is 45.2 Å². The number of para-hydroxylation sites is 1. The monoisotopic (exact) mass is 419 g/mol. The topological polar surface area (TPSA) is 46.6 Å². The van der Waals surface area contributed by atoms with E-state index in [1.807, 2.05) is 12.1 Å². The minimum atomic E-state index is 0.466. The van der Waals surface area contributed by atoms with E-state index in [1.165, 1.54) is 10.9 Å². The van der Waals surface area contributed by atoms with Gasteiger partial charge in [-0.05, 0) is 55.2 Å². The molecule has 4 rings (SSSR count). The number of pyridine rings is 1. The van der Waals surface area contributed by atoms with Crippen molar-refractivity contribution in [2.75, 3.05) is 32.1 Å². The van der Waals surface area contributed by atoms with E-state index in [0.29, 0.717) is 6.04 Å². The van der Waals surface area contributed by atoms with Gasteiger partial charge in [0.25, 0.3) is 0 Å². The molecular formula is C26H33N3O2. The van der Waals surface area contributed by atoms with Crippen LogP contribution in [0.2, 0.25) is 0 Å². The van der Waals surface area contributed by atoms with Crippen molar-refractivity contribution in [3.8, 4) is 11.5 Å². The maximum Gasteiger partial charge on any atom is 0.161 e. The first-order chi connectivity index (χ1) is 15.2. The van der Waals surface area contributed by atoms with Crippen LogP contribution in [-0.4, -0.2) is 42.7 Å². The van der Waals surface area contributed by atoms with Crippen molar-refractivity contribution < 1.29 is 9.47 Å². The number of benzene rings is 2. The van der Waals surface area contributed by atoms with E-state index >= 15 is 0 Å². The van der Waals surface area contributed by atoms with Crippen LogP contribution in [0.15, 0.2) is 54.6 Å². The highest BCUT2D eigenvalue weighted by Crippen LogP contribution is 2.29. The number of nitrogens with one attached hydrogen (secondary N) is 1. The summed E-state index contributed by atoms with van der Waals surface area (Å²) in [7, 11) is 1.70. The lowest BCUT2D eigenvalue weighted by Gasteiger charge is -2.32. The highest BCUT2D eigenvalue weighted by atomic mass is 16.5. The fourth-order valence-corrected chi connectivity index (χ4v) is 4.11. The molecule has 1 N–H and O–H groups in total. The molecule has 164 valence electrons. The number of fused-ring (bicyclic) bond motifs is 1. The number of ether oxygens (including phenoxy) is 2. The van der Waals surface area contributed by atoms with E-state index in [-0.39, 0.29) is 0 Å². The van der Waals surface area contributed by atoms with Crippen LogP contribution in [0.1, 0.15) is 38.2 Å². The maximum atomic E-state index is 5.95. The fourth-order valence-electron chi connectivity index (χ4n) is 4.11. The molecule has 5 nitrogen and oxygen atoms in total. The third-order valence-corrected chi connectivity index (χ3v) is 5.93. The minimum Gasteiger partial charge on any atom is -0.493 e. The summed E-state index contributed by atoms with van der Waals surface area (Å²) in [5, 5.41) is 4.82. The van der Waals surface area contributed by atoms with Gasteiger partial charge in [0.1, 0.15) is 5.82 Å². The van der Waals surface area contributed by atoms with Crippen LogP contribution in [-0.2, 0) is 6.54 Å². The van der Waals surface area contributed by atoms with Gasteiger partial charge in [-0.25, -0.2) is 4.98 Å². The summed E-state index contributed by atoms with van der Waals surface area (Å²) in [6.07, 6.45) is 4.41. The molecule has 0 saturated carbocycles. The van der Waals surface area contributed by atoms with Crippen LogP contribution in [0.5, 0.6) is 11.5 Å². The van der Waals surface area contributed by atoms with Crippen LogP contribution in [0.3, 0.4) is 0 Å². The van der Waals surface area contributed by atoms with Crippen molar-refractivity contribution in [2.24, 2.45) is 0 Å². The quantitative estimate of drug-likeness (QED) is 0.464. The number of nitrogens with zero attached hydrogens (tertiary/aromatic N) is 2. The lowest BCUT2D eigenvalue weighted by Crippen LogP contribution is -2.38. The molecule has 5 heteroatoms. The van der Waals surface area contributed by atoms with Gasteiger partial charge in [-0.3, -0.25) is 4.90 Å². The molecule has 0 amide bonds. The number of hydrogen-bond acceptors (Lipinski definition) is 5. The average Bonchev–Trinajstić information content (AvgIpc) is 2.81. The molecule has 1 fully saturated rings. The first kappa shape index (κ1) is 21.4. The molecule has 0 spiro atoms. The lowest BCUT2D eigenvalue weighted by atomic mass is 10.0. The first-order valence-corrected chi connectivity index (χ1v) is 11.4. The number of hydrogen-bond donors (Lipinski definition) is 1. The number of aromatic nitrogens is 1. The molecule has 0 unspecified atom stereocenters. The number of unbranched alkanes of at least 4 members (excludes halogenated alkanes) is 1. The van der Waals surface area contributed by atoms with Crippen LogP contribution >= 0.6 is 0 Å². The molecule has 0 aliphatic carbocycles. The van der Waals surface area contributed by atoms with Gasteiger partial charge in [0.2, 0.25) is 0 Å². The first-order valence-electron chi connectivity index (χ1n) is 11.4. The van der Waals surface area contributed by atoms with E-state index in [9.17, 15) is 0 Å². The van der Waals surface area contributed by atoms with Gasteiger partial charge in [-0.15, -0.1) is 0 Å². The second kappa shape index (κ2) is 10.5. The van der Waals surface area contributed by atoms with Gasteiger partial charge in [-0.1, -0.05) is 37.6 Å². The van der Waals surface area contributed by atoms with E-state index < -0.39 is 0 Å². The van der Waals surface area contributed by atoms with Crippen molar-refractivity contribution in [1.29, 1.82) is 0 Å². The number of methoxy groups -OCH3 is 1. The van der Waals surface area contributed by atoms with E-state index in [2.05, 4.69) is 59.6 Å². The molecule has 1 aliphatic heterocycles. The summed E-state index contributed by atoms with van der Waals surface area (Å²) < 4.78 is 11.4. The molecule has 3 aromatic rings. The number of anilines is 1. The Hall–Kier alpha value is -2.79. The van der Waals surface area contributed by atoms with E-state index in [4.69, 9.17) is 14.5 Å². The van der Waals surface area contributed by atoms with Gasteiger partial charge in [-0.2, -0.15) is 0 Å². The normalized spacial score (nSPS) is 15.2. The molecule has 2 heterocycles. The molecule has 2 aromatic carbocycles. The molecule has 0 atom stereocenters. The molecular weight excluding hydrogens is 386 g/mol. The third kappa shape index (κ3) is 5.67. The highest BCUT2D eigenvalue weighted by Gasteiger charge is 2.20. The molecule has 31 heavy (non-hydrogen) atoms. The Bertz CT molecular complexity index is 983.